The highest BCUT2D eigenvalue weighted by atomic mass is 28.3. The van der Waals surface area contributed by atoms with Crippen molar-refractivity contribution in [2.75, 3.05) is 0 Å². The monoisotopic (exact) mass is 411 g/mol. The Morgan fingerprint density at radius 2 is 1.33 bits per heavy atom. The molecule has 0 fully saturated rings. The molecule has 0 aromatic heterocycles. The molecule has 0 spiro atoms. The van der Waals surface area contributed by atoms with Gasteiger partial charge in [-0.1, -0.05) is 104 Å². The summed E-state index contributed by atoms with van der Waals surface area (Å²) in [7, 11) is -1.44. The number of carbonyl (C=O) groups excluding carboxylic acids is 1. The lowest BCUT2D eigenvalue weighted by atomic mass is 9.80. The third-order valence-corrected chi connectivity index (χ3v) is 6.93. The van der Waals surface area contributed by atoms with E-state index in [2.05, 4.69) is 103 Å². The Morgan fingerprint density at radius 1 is 0.833 bits per heavy atom. The minimum absolute atomic E-state index is 0.120. The summed E-state index contributed by atoms with van der Waals surface area (Å²) < 4.78 is 0. The molecule has 1 N–H and O–H groups in total. The van der Waals surface area contributed by atoms with Crippen LogP contribution in [0.1, 0.15) is 23.6 Å². The molecule has 0 heterocycles. The first-order chi connectivity index (χ1) is 14.3. The van der Waals surface area contributed by atoms with E-state index in [1.165, 1.54) is 22.3 Å². The molecule has 0 amide bonds. The molecule has 3 aromatic carbocycles. The fourth-order valence-corrected chi connectivity index (χ4v) is 5.01. The number of carbonyl (C=O) groups is 1. The number of hydrogen-bond donors (Lipinski definition) is 1. The summed E-state index contributed by atoms with van der Waals surface area (Å²) in [6, 6.07) is 27.2. The summed E-state index contributed by atoms with van der Waals surface area (Å²) in [4.78, 5) is 13.0. The van der Waals surface area contributed by atoms with E-state index in [0.717, 1.165) is 5.56 Å². The molecule has 2 nitrogen and oxygen atoms in total. The standard InChI is InChI=1S/C27H29NOSi/c1-20(26(29)18-19-30(2,3)4)28-27(21-12-6-5-7-13-21)24-16-10-8-14-22(24)23-15-9-11-17-25(23)27/h5-20,28H,1-4H3/b19-18+/t20-/m0/s1. The van der Waals surface area contributed by atoms with Crippen molar-refractivity contribution >= 4 is 13.9 Å². The molecule has 0 saturated heterocycles. The summed E-state index contributed by atoms with van der Waals surface area (Å²) in [5.41, 5.74) is 7.56. The van der Waals surface area contributed by atoms with Gasteiger partial charge in [-0.2, -0.15) is 0 Å². The van der Waals surface area contributed by atoms with Crippen LogP contribution in [-0.4, -0.2) is 19.9 Å². The van der Waals surface area contributed by atoms with Gasteiger partial charge in [0.25, 0.3) is 0 Å². The van der Waals surface area contributed by atoms with E-state index in [0.29, 0.717) is 0 Å². The van der Waals surface area contributed by atoms with Gasteiger partial charge in [0.15, 0.2) is 5.78 Å². The number of fused-ring (bicyclic) bond motifs is 3. The lowest BCUT2D eigenvalue weighted by molar-refractivity contribution is -0.116. The van der Waals surface area contributed by atoms with Crippen molar-refractivity contribution in [1.82, 2.24) is 5.32 Å². The molecule has 1 aliphatic carbocycles. The van der Waals surface area contributed by atoms with Crippen LogP contribution in [0.3, 0.4) is 0 Å². The van der Waals surface area contributed by atoms with Crippen molar-refractivity contribution in [3.63, 3.8) is 0 Å². The third-order valence-electron chi connectivity index (χ3n) is 5.77. The zero-order chi connectivity index (χ0) is 21.4. The maximum absolute atomic E-state index is 13.0. The molecule has 3 aromatic rings. The zero-order valence-electron chi connectivity index (χ0n) is 18.1. The fraction of sp³-hybridized carbons (Fsp3) is 0.222. The Balaban J connectivity index is 1.87. The van der Waals surface area contributed by atoms with E-state index >= 15 is 0 Å². The number of benzene rings is 3. The van der Waals surface area contributed by atoms with Crippen LogP contribution in [0.15, 0.2) is 90.6 Å². The largest absolute Gasteiger partial charge is 0.293 e. The number of ketones is 1. The lowest BCUT2D eigenvalue weighted by Gasteiger charge is -2.36. The molecule has 3 heteroatoms. The van der Waals surface area contributed by atoms with Crippen molar-refractivity contribution < 1.29 is 4.79 Å². The molecule has 1 aliphatic rings. The van der Waals surface area contributed by atoms with E-state index in [4.69, 9.17) is 0 Å². The zero-order valence-corrected chi connectivity index (χ0v) is 19.1. The highest BCUT2D eigenvalue weighted by molar-refractivity contribution is 6.81. The van der Waals surface area contributed by atoms with Crippen molar-refractivity contribution in [2.24, 2.45) is 0 Å². The topological polar surface area (TPSA) is 29.1 Å². The SMILES string of the molecule is C[C@H](NC1(c2ccccc2)c2ccccc2-c2ccccc21)C(=O)/C=C/[Si](C)(C)C. The molecule has 1 atom stereocenters. The van der Waals surface area contributed by atoms with E-state index in [1.54, 1.807) is 6.08 Å². The highest BCUT2D eigenvalue weighted by Gasteiger charge is 2.45. The first-order valence-electron chi connectivity index (χ1n) is 10.6. The van der Waals surface area contributed by atoms with Crippen molar-refractivity contribution in [1.29, 1.82) is 0 Å². The molecule has 0 aliphatic heterocycles. The summed E-state index contributed by atoms with van der Waals surface area (Å²) in [5.74, 6) is 0.120. The van der Waals surface area contributed by atoms with Gasteiger partial charge >= 0.3 is 0 Å². The quantitative estimate of drug-likeness (QED) is 0.402. The second-order valence-electron chi connectivity index (χ2n) is 9.17. The minimum Gasteiger partial charge on any atom is -0.293 e. The number of hydrogen-bond acceptors (Lipinski definition) is 2. The van der Waals surface area contributed by atoms with Crippen LogP contribution in [-0.2, 0) is 10.3 Å². The molecule has 0 saturated carbocycles. The minimum atomic E-state index is -1.44. The summed E-state index contributed by atoms with van der Waals surface area (Å²) in [6.07, 6.45) is 1.79. The van der Waals surface area contributed by atoms with Crippen LogP contribution < -0.4 is 5.32 Å². The van der Waals surface area contributed by atoms with Crippen molar-refractivity contribution in [2.45, 2.75) is 38.1 Å². The molecular formula is C27H29NOSi. The van der Waals surface area contributed by atoms with Gasteiger partial charge in [0, 0.05) is 0 Å². The maximum atomic E-state index is 13.0. The molecule has 0 radical (unpaired) electrons. The van der Waals surface area contributed by atoms with Crippen molar-refractivity contribution in [3.05, 3.63) is 107 Å². The Bertz CT molecular complexity index is 1050. The fourth-order valence-electron chi connectivity index (χ4n) is 4.35. The van der Waals surface area contributed by atoms with Crippen LogP contribution in [0.5, 0.6) is 0 Å². The molecule has 152 valence electrons. The summed E-state index contributed by atoms with van der Waals surface area (Å²) >= 11 is 0. The molecule has 0 unspecified atom stereocenters. The first kappa shape index (κ1) is 20.5. The predicted octanol–water partition coefficient (Wildman–Crippen LogP) is 5.94. The van der Waals surface area contributed by atoms with Gasteiger partial charge in [0.05, 0.1) is 19.7 Å². The van der Waals surface area contributed by atoms with E-state index < -0.39 is 13.6 Å². The number of nitrogens with one attached hydrogen (secondary N) is 1. The summed E-state index contributed by atoms with van der Waals surface area (Å²) in [6.45, 7) is 8.70. The predicted molar refractivity (Wildman–Crippen MR) is 128 cm³/mol. The van der Waals surface area contributed by atoms with Crippen molar-refractivity contribution in [3.8, 4) is 11.1 Å². The average Bonchev–Trinajstić information content (AvgIpc) is 3.03. The van der Waals surface area contributed by atoms with Gasteiger partial charge in [-0.05, 0) is 40.8 Å². The number of rotatable bonds is 6. The molecule has 30 heavy (non-hydrogen) atoms. The van der Waals surface area contributed by atoms with Crippen LogP contribution in [0.4, 0.5) is 0 Å². The van der Waals surface area contributed by atoms with E-state index in [1.807, 2.05) is 13.0 Å². The molecule has 4 rings (SSSR count). The van der Waals surface area contributed by atoms with Gasteiger partial charge in [-0.15, -0.1) is 0 Å². The Kier molecular flexibility index (Phi) is 5.35. The van der Waals surface area contributed by atoms with E-state index in [9.17, 15) is 4.79 Å². The third kappa shape index (κ3) is 3.60. The molecular weight excluding hydrogens is 382 g/mol. The Hall–Kier alpha value is -2.75. The Labute approximate surface area is 180 Å². The molecule has 0 bridgehead atoms. The lowest BCUT2D eigenvalue weighted by Crippen LogP contribution is -2.50. The van der Waals surface area contributed by atoms with E-state index in [-0.39, 0.29) is 11.8 Å². The van der Waals surface area contributed by atoms with Crippen LogP contribution >= 0.6 is 0 Å². The first-order valence-corrected chi connectivity index (χ1v) is 14.2. The summed E-state index contributed by atoms with van der Waals surface area (Å²) in [5, 5.41) is 3.77. The van der Waals surface area contributed by atoms with Crippen LogP contribution in [0.2, 0.25) is 19.6 Å². The maximum Gasteiger partial charge on any atom is 0.171 e. The van der Waals surface area contributed by atoms with Gasteiger partial charge in [0.2, 0.25) is 0 Å². The second-order valence-corrected chi connectivity index (χ2v) is 14.2. The van der Waals surface area contributed by atoms with Gasteiger partial charge in [-0.3, -0.25) is 10.1 Å². The Morgan fingerprint density at radius 3 is 1.87 bits per heavy atom. The van der Waals surface area contributed by atoms with Gasteiger partial charge in [0.1, 0.15) is 0 Å². The van der Waals surface area contributed by atoms with Gasteiger partial charge in [-0.25, -0.2) is 0 Å². The van der Waals surface area contributed by atoms with Gasteiger partial charge < -0.3 is 0 Å². The van der Waals surface area contributed by atoms with Crippen LogP contribution in [0.25, 0.3) is 11.1 Å². The highest BCUT2D eigenvalue weighted by Crippen LogP contribution is 2.50. The second kappa shape index (κ2) is 7.82. The van der Waals surface area contributed by atoms with Crippen LogP contribution in [0, 0.1) is 0 Å². The smallest absolute Gasteiger partial charge is 0.171 e. The normalized spacial score (nSPS) is 15.6. The average molecular weight is 412 g/mol.